The molecule has 134 valence electrons. The first-order valence-electron chi connectivity index (χ1n) is 8.55. The lowest BCUT2D eigenvalue weighted by atomic mass is 10.0. The monoisotopic (exact) mass is 391 g/mol. The molecule has 3 nitrogen and oxygen atoms in total. The van der Waals surface area contributed by atoms with E-state index in [-0.39, 0.29) is 5.91 Å². The van der Waals surface area contributed by atoms with Crippen molar-refractivity contribution in [1.29, 1.82) is 0 Å². The molecule has 5 heteroatoms. The van der Waals surface area contributed by atoms with Crippen molar-refractivity contribution in [1.82, 2.24) is 5.32 Å². The Hall–Kier alpha value is -2.63. The molecule has 0 bridgehead atoms. The van der Waals surface area contributed by atoms with E-state index in [1.807, 2.05) is 42.5 Å². The van der Waals surface area contributed by atoms with Crippen LogP contribution in [0.4, 0.5) is 0 Å². The molecule has 1 aliphatic heterocycles. The van der Waals surface area contributed by atoms with Crippen LogP contribution < -0.4 is 10.1 Å². The first-order valence-corrected chi connectivity index (χ1v) is 9.77. The highest BCUT2D eigenvalue weighted by atomic mass is 32.2. The Morgan fingerprint density at radius 1 is 1.07 bits per heavy atom. The summed E-state index contributed by atoms with van der Waals surface area (Å²) in [5.74, 6) is 0.579. The number of fused-ring (bicyclic) bond motifs is 1. The molecule has 1 N–H and O–H groups in total. The van der Waals surface area contributed by atoms with E-state index in [0.29, 0.717) is 15.8 Å². The molecule has 1 aliphatic rings. The van der Waals surface area contributed by atoms with Crippen molar-refractivity contribution < 1.29 is 9.53 Å². The number of thiocarbonyl (C=S) groups is 1. The van der Waals surface area contributed by atoms with E-state index in [1.165, 1.54) is 17.3 Å². The Morgan fingerprint density at radius 3 is 2.59 bits per heavy atom. The largest absolute Gasteiger partial charge is 0.488 e. The number of thioether (sulfide) groups is 1. The zero-order chi connectivity index (χ0) is 18.8. The summed E-state index contributed by atoms with van der Waals surface area (Å²) in [6.45, 7) is 2.53. The molecule has 1 fully saturated rings. The Labute approximate surface area is 167 Å². The van der Waals surface area contributed by atoms with Crippen LogP contribution in [0.2, 0.25) is 0 Å². The fourth-order valence-electron chi connectivity index (χ4n) is 2.95. The first-order chi connectivity index (χ1) is 13.1. The molecule has 27 heavy (non-hydrogen) atoms. The van der Waals surface area contributed by atoms with Gasteiger partial charge in [0, 0.05) is 5.56 Å². The minimum absolute atomic E-state index is 0.164. The lowest BCUT2D eigenvalue weighted by Crippen LogP contribution is -2.17. The Balaban J connectivity index is 1.73. The molecular formula is C22H17NO2S2. The van der Waals surface area contributed by atoms with Crippen LogP contribution in [0.1, 0.15) is 16.7 Å². The summed E-state index contributed by atoms with van der Waals surface area (Å²) in [5, 5.41) is 4.80. The Kier molecular flexibility index (Phi) is 4.97. The topological polar surface area (TPSA) is 38.3 Å². The second kappa shape index (κ2) is 7.55. The molecule has 0 spiro atoms. The van der Waals surface area contributed by atoms with Crippen molar-refractivity contribution in [3.63, 3.8) is 0 Å². The van der Waals surface area contributed by atoms with Crippen molar-refractivity contribution in [3.8, 4) is 5.75 Å². The van der Waals surface area contributed by atoms with Gasteiger partial charge >= 0.3 is 0 Å². The van der Waals surface area contributed by atoms with Crippen LogP contribution in [-0.4, -0.2) is 10.2 Å². The molecule has 1 saturated heterocycles. The predicted octanol–water partition coefficient (Wildman–Crippen LogP) is 5.22. The van der Waals surface area contributed by atoms with Crippen molar-refractivity contribution in [2.45, 2.75) is 13.5 Å². The van der Waals surface area contributed by atoms with Gasteiger partial charge in [-0.15, -0.1) is 0 Å². The average Bonchev–Trinajstić information content (AvgIpc) is 2.99. The molecule has 1 heterocycles. The van der Waals surface area contributed by atoms with Gasteiger partial charge < -0.3 is 10.1 Å². The fourth-order valence-corrected chi connectivity index (χ4v) is 3.97. The van der Waals surface area contributed by atoms with Crippen LogP contribution in [0.3, 0.4) is 0 Å². The highest BCUT2D eigenvalue weighted by Gasteiger charge is 2.23. The maximum Gasteiger partial charge on any atom is 0.263 e. The minimum atomic E-state index is -0.164. The fraction of sp³-hybridized carbons (Fsp3) is 0.0909. The van der Waals surface area contributed by atoms with Gasteiger partial charge in [-0.3, -0.25) is 4.79 Å². The number of aryl methyl sites for hydroxylation is 1. The third-order valence-electron chi connectivity index (χ3n) is 4.36. The quantitative estimate of drug-likeness (QED) is 0.489. The average molecular weight is 392 g/mol. The molecule has 0 saturated carbocycles. The first kappa shape index (κ1) is 17.8. The van der Waals surface area contributed by atoms with Crippen LogP contribution in [-0.2, 0) is 11.4 Å². The van der Waals surface area contributed by atoms with Gasteiger partial charge in [0.1, 0.15) is 16.7 Å². The van der Waals surface area contributed by atoms with E-state index in [4.69, 9.17) is 17.0 Å². The van der Waals surface area contributed by atoms with E-state index >= 15 is 0 Å². The number of rotatable bonds is 4. The van der Waals surface area contributed by atoms with Gasteiger partial charge in [0.2, 0.25) is 0 Å². The summed E-state index contributed by atoms with van der Waals surface area (Å²) in [5.41, 5.74) is 3.21. The number of hydrogen-bond donors (Lipinski definition) is 1. The summed E-state index contributed by atoms with van der Waals surface area (Å²) in [7, 11) is 0. The third-order valence-corrected chi connectivity index (χ3v) is 5.53. The highest BCUT2D eigenvalue weighted by molar-refractivity contribution is 8.26. The van der Waals surface area contributed by atoms with Gasteiger partial charge in [0.15, 0.2) is 0 Å². The summed E-state index contributed by atoms with van der Waals surface area (Å²) in [6.07, 6.45) is 1.87. The number of nitrogens with one attached hydrogen (secondary N) is 1. The standard InChI is InChI=1S/C22H17NO2S2/c1-14-6-8-15(9-7-14)13-25-19-11-10-16-4-2-3-5-17(16)18(19)12-20-21(24)23-22(26)27-20/h2-12H,13H2,1H3,(H,23,24,26)/b20-12-. The number of carbonyl (C=O) groups is 1. The summed E-state index contributed by atoms with van der Waals surface area (Å²) >= 11 is 6.38. The molecule has 3 aromatic carbocycles. The van der Waals surface area contributed by atoms with Gasteiger partial charge in [-0.25, -0.2) is 0 Å². The maximum absolute atomic E-state index is 12.1. The number of benzene rings is 3. The van der Waals surface area contributed by atoms with Crippen LogP contribution in [0.25, 0.3) is 16.8 Å². The van der Waals surface area contributed by atoms with Crippen LogP contribution in [0.15, 0.2) is 65.6 Å². The molecule has 0 unspecified atom stereocenters. The van der Waals surface area contributed by atoms with Crippen molar-refractivity contribution >= 4 is 51.1 Å². The predicted molar refractivity (Wildman–Crippen MR) is 116 cm³/mol. The molecular weight excluding hydrogens is 374 g/mol. The van der Waals surface area contributed by atoms with Gasteiger partial charge in [-0.2, -0.15) is 0 Å². The number of amides is 1. The molecule has 0 atom stereocenters. The van der Waals surface area contributed by atoms with Crippen molar-refractivity contribution in [2.24, 2.45) is 0 Å². The lowest BCUT2D eigenvalue weighted by Gasteiger charge is -2.13. The maximum atomic E-state index is 12.1. The molecule has 0 aliphatic carbocycles. The van der Waals surface area contributed by atoms with Crippen molar-refractivity contribution in [3.05, 3.63) is 82.3 Å². The second-order valence-electron chi connectivity index (χ2n) is 6.33. The van der Waals surface area contributed by atoms with E-state index in [1.54, 1.807) is 0 Å². The number of ether oxygens (including phenoxy) is 1. The van der Waals surface area contributed by atoms with Gasteiger partial charge in [-0.05, 0) is 35.4 Å². The normalized spacial score (nSPS) is 15.4. The van der Waals surface area contributed by atoms with Crippen LogP contribution >= 0.6 is 24.0 Å². The SMILES string of the molecule is Cc1ccc(COc2ccc3ccccc3c2/C=C2\SC(=S)NC2=O)cc1. The zero-order valence-electron chi connectivity index (χ0n) is 14.7. The van der Waals surface area contributed by atoms with Gasteiger partial charge in [0.25, 0.3) is 5.91 Å². The summed E-state index contributed by atoms with van der Waals surface area (Å²) in [4.78, 5) is 12.7. The lowest BCUT2D eigenvalue weighted by molar-refractivity contribution is -0.115. The van der Waals surface area contributed by atoms with Gasteiger partial charge in [0.05, 0.1) is 4.91 Å². The number of carbonyl (C=O) groups excluding carboxylic acids is 1. The minimum Gasteiger partial charge on any atom is -0.488 e. The van der Waals surface area contributed by atoms with Crippen LogP contribution in [0, 0.1) is 6.92 Å². The summed E-state index contributed by atoms with van der Waals surface area (Å²) < 4.78 is 6.61. The van der Waals surface area contributed by atoms with Crippen LogP contribution in [0.5, 0.6) is 5.75 Å². The van der Waals surface area contributed by atoms with Crippen molar-refractivity contribution in [2.75, 3.05) is 0 Å². The molecule has 1 amide bonds. The smallest absolute Gasteiger partial charge is 0.263 e. The highest BCUT2D eigenvalue weighted by Crippen LogP contribution is 2.34. The number of hydrogen-bond acceptors (Lipinski definition) is 4. The van der Waals surface area contributed by atoms with E-state index in [9.17, 15) is 4.79 Å². The van der Waals surface area contributed by atoms with E-state index in [0.717, 1.165) is 27.6 Å². The molecule has 0 aromatic heterocycles. The Bertz CT molecular complexity index is 1070. The van der Waals surface area contributed by atoms with E-state index < -0.39 is 0 Å². The molecule has 0 radical (unpaired) electrons. The van der Waals surface area contributed by atoms with E-state index in [2.05, 4.69) is 36.5 Å². The molecule has 4 rings (SSSR count). The third kappa shape index (κ3) is 3.89. The molecule has 3 aromatic rings. The second-order valence-corrected chi connectivity index (χ2v) is 8.04. The summed E-state index contributed by atoms with van der Waals surface area (Å²) in [6, 6.07) is 20.3. The zero-order valence-corrected chi connectivity index (χ0v) is 16.3. The van der Waals surface area contributed by atoms with Gasteiger partial charge in [-0.1, -0.05) is 84.1 Å². The Morgan fingerprint density at radius 2 is 1.85 bits per heavy atom.